The molecule has 0 spiro atoms. The number of carbonyl (C=O) groups is 1. The number of nitrogens with zero attached hydrogens (tertiary/aromatic N) is 1. The molecule has 1 N–H and O–H groups in total. The topological polar surface area (TPSA) is 32.3 Å². The number of allylic oxidation sites excluding steroid dienone is 2. The van der Waals surface area contributed by atoms with Gasteiger partial charge in [-0.2, -0.15) is 0 Å². The molecule has 4 aliphatic rings. The van der Waals surface area contributed by atoms with E-state index in [4.69, 9.17) is 0 Å². The Hall–Kier alpha value is -0.830. The smallest absolute Gasteiger partial charge is 0.223 e. The summed E-state index contributed by atoms with van der Waals surface area (Å²) < 4.78 is 0. The highest BCUT2D eigenvalue weighted by Crippen LogP contribution is 2.47. The lowest BCUT2D eigenvalue weighted by molar-refractivity contribution is -0.133. The summed E-state index contributed by atoms with van der Waals surface area (Å²) in [6.45, 7) is 2.28. The first kappa shape index (κ1) is 11.0. The van der Waals surface area contributed by atoms with Crippen molar-refractivity contribution in [2.75, 3.05) is 13.1 Å². The molecule has 3 heterocycles. The second-order valence-electron chi connectivity index (χ2n) is 6.47. The van der Waals surface area contributed by atoms with Crippen LogP contribution in [0, 0.1) is 17.8 Å². The van der Waals surface area contributed by atoms with E-state index in [1.165, 1.54) is 25.7 Å². The maximum Gasteiger partial charge on any atom is 0.223 e. The van der Waals surface area contributed by atoms with E-state index < -0.39 is 0 Å². The SMILES string of the molecule is O=C(CC1C=CCC1)N1[C@@H]2CC[C@H]1[C@H]1CNC[C@H]12. The van der Waals surface area contributed by atoms with Crippen molar-refractivity contribution in [2.24, 2.45) is 17.8 Å². The van der Waals surface area contributed by atoms with Gasteiger partial charge < -0.3 is 10.2 Å². The lowest BCUT2D eigenvalue weighted by Gasteiger charge is -2.25. The molecular weight excluding hydrogens is 224 g/mol. The average molecular weight is 246 g/mol. The minimum absolute atomic E-state index is 0.438. The van der Waals surface area contributed by atoms with Crippen molar-refractivity contribution in [2.45, 2.75) is 44.2 Å². The Morgan fingerprint density at radius 1 is 1.17 bits per heavy atom. The standard InChI is InChI=1S/C15H22N2O/c18-15(7-10-3-1-2-4-10)17-13-5-6-14(17)12-9-16-8-11(12)13/h1,3,10-14,16H,2,4-9H2/t10?,11-,12+,13-,14+. The average Bonchev–Trinajstić information content (AvgIpc) is 3.11. The van der Waals surface area contributed by atoms with Gasteiger partial charge in [0.05, 0.1) is 0 Å². The Balaban J connectivity index is 1.48. The minimum atomic E-state index is 0.438. The minimum Gasteiger partial charge on any atom is -0.336 e. The summed E-state index contributed by atoms with van der Waals surface area (Å²) >= 11 is 0. The first-order valence-corrected chi connectivity index (χ1v) is 7.53. The van der Waals surface area contributed by atoms with E-state index in [0.29, 0.717) is 23.9 Å². The van der Waals surface area contributed by atoms with Crippen LogP contribution in [0.4, 0.5) is 0 Å². The van der Waals surface area contributed by atoms with Crippen LogP contribution in [-0.4, -0.2) is 36.0 Å². The van der Waals surface area contributed by atoms with Gasteiger partial charge in [-0.15, -0.1) is 0 Å². The van der Waals surface area contributed by atoms with Crippen molar-refractivity contribution in [1.29, 1.82) is 0 Å². The fourth-order valence-corrected chi connectivity index (χ4v) is 4.83. The number of fused-ring (bicyclic) bond motifs is 5. The zero-order valence-corrected chi connectivity index (χ0v) is 10.8. The van der Waals surface area contributed by atoms with E-state index in [1.807, 2.05) is 0 Å². The summed E-state index contributed by atoms with van der Waals surface area (Å²) in [7, 11) is 0. The summed E-state index contributed by atoms with van der Waals surface area (Å²) in [6.07, 6.45) is 10.1. The van der Waals surface area contributed by atoms with Gasteiger partial charge >= 0.3 is 0 Å². The molecule has 0 aromatic rings. The fraction of sp³-hybridized carbons (Fsp3) is 0.800. The Morgan fingerprint density at radius 3 is 2.50 bits per heavy atom. The molecule has 1 amide bonds. The number of carbonyl (C=O) groups excluding carboxylic acids is 1. The van der Waals surface area contributed by atoms with Crippen LogP contribution >= 0.6 is 0 Å². The van der Waals surface area contributed by atoms with Crippen molar-refractivity contribution in [3.05, 3.63) is 12.2 Å². The van der Waals surface area contributed by atoms with Crippen molar-refractivity contribution in [1.82, 2.24) is 10.2 Å². The third-order valence-corrected chi connectivity index (χ3v) is 5.61. The highest BCUT2D eigenvalue weighted by molar-refractivity contribution is 5.78. The highest BCUT2D eigenvalue weighted by atomic mass is 16.2. The Labute approximate surface area is 109 Å². The van der Waals surface area contributed by atoms with Crippen LogP contribution in [0.5, 0.6) is 0 Å². The Kier molecular flexibility index (Phi) is 2.51. The Bertz CT molecular complexity index is 374. The quantitative estimate of drug-likeness (QED) is 0.750. The molecule has 3 saturated heterocycles. The van der Waals surface area contributed by atoms with Gasteiger partial charge in [-0.25, -0.2) is 0 Å². The first-order valence-electron chi connectivity index (χ1n) is 7.53. The van der Waals surface area contributed by atoms with Crippen molar-refractivity contribution in [3.8, 4) is 0 Å². The van der Waals surface area contributed by atoms with Crippen LogP contribution in [0.1, 0.15) is 32.1 Å². The van der Waals surface area contributed by atoms with Gasteiger partial charge in [0.1, 0.15) is 0 Å². The van der Waals surface area contributed by atoms with Gasteiger partial charge in [0.2, 0.25) is 5.91 Å². The normalized spacial score (nSPS) is 44.9. The zero-order valence-electron chi connectivity index (χ0n) is 10.8. The van der Waals surface area contributed by atoms with Gasteiger partial charge in [0.25, 0.3) is 0 Å². The predicted molar refractivity (Wildman–Crippen MR) is 70.0 cm³/mol. The summed E-state index contributed by atoms with van der Waals surface area (Å²) in [4.78, 5) is 14.9. The van der Waals surface area contributed by atoms with Crippen LogP contribution in [0.15, 0.2) is 12.2 Å². The number of amides is 1. The van der Waals surface area contributed by atoms with Crippen LogP contribution < -0.4 is 5.32 Å². The van der Waals surface area contributed by atoms with Gasteiger partial charge in [-0.3, -0.25) is 4.79 Å². The summed E-state index contributed by atoms with van der Waals surface area (Å²) in [5.74, 6) is 2.47. The Morgan fingerprint density at radius 2 is 1.89 bits per heavy atom. The van der Waals surface area contributed by atoms with Crippen LogP contribution in [0.2, 0.25) is 0 Å². The van der Waals surface area contributed by atoms with Crippen molar-refractivity contribution in [3.63, 3.8) is 0 Å². The number of nitrogens with one attached hydrogen (secondary N) is 1. The molecule has 98 valence electrons. The maximum atomic E-state index is 12.6. The molecule has 18 heavy (non-hydrogen) atoms. The summed E-state index contributed by atoms with van der Waals surface area (Å²) in [6, 6.07) is 1.13. The largest absolute Gasteiger partial charge is 0.336 e. The van der Waals surface area contributed by atoms with E-state index >= 15 is 0 Å². The second kappa shape index (κ2) is 4.09. The third kappa shape index (κ3) is 1.49. The molecular formula is C15H22N2O. The first-order chi connectivity index (χ1) is 8.84. The molecule has 4 rings (SSSR count). The predicted octanol–water partition coefficient (Wildman–Crippen LogP) is 1.55. The van der Waals surface area contributed by atoms with Crippen LogP contribution in [0.25, 0.3) is 0 Å². The lowest BCUT2D eigenvalue weighted by atomic mass is 9.82. The van der Waals surface area contributed by atoms with Gasteiger partial charge in [-0.05, 0) is 43.4 Å². The zero-order chi connectivity index (χ0) is 12.1. The lowest BCUT2D eigenvalue weighted by Crippen LogP contribution is -2.39. The van der Waals surface area contributed by atoms with E-state index in [-0.39, 0.29) is 0 Å². The monoisotopic (exact) mass is 246 g/mol. The summed E-state index contributed by atoms with van der Waals surface area (Å²) in [5, 5.41) is 3.51. The molecule has 0 radical (unpaired) electrons. The number of rotatable bonds is 2. The summed E-state index contributed by atoms with van der Waals surface area (Å²) in [5.41, 5.74) is 0. The molecule has 0 aromatic heterocycles. The molecule has 3 fully saturated rings. The van der Waals surface area contributed by atoms with E-state index in [0.717, 1.165) is 31.3 Å². The van der Waals surface area contributed by atoms with E-state index in [2.05, 4.69) is 22.4 Å². The van der Waals surface area contributed by atoms with Gasteiger partial charge in [0, 0.05) is 31.6 Å². The molecule has 0 saturated carbocycles. The maximum absolute atomic E-state index is 12.6. The van der Waals surface area contributed by atoms with E-state index in [1.54, 1.807) is 0 Å². The number of hydrogen-bond acceptors (Lipinski definition) is 2. The van der Waals surface area contributed by atoms with Crippen LogP contribution in [0.3, 0.4) is 0 Å². The molecule has 3 aliphatic heterocycles. The van der Waals surface area contributed by atoms with Gasteiger partial charge in [-0.1, -0.05) is 12.2 Å². The number of hydrogen-bond donors (Lipinski definition) is 1. The van der Waals surface area contributed by atoms with Gasteiger partial charge in [0.15, 0.2) is 0 Å². The van der Waals surface area contributed by atoms with Crippen LogP contribution in [-0.2, 0) is 4.79 Å². The molecule has 2 bridgehead atoms. The molecule has 3 nitrogen and oxygen atoms in total. The fourth-order valence-electron chi connectivity index (χ4n) is 4.83. The molecule has 3 heteroatoms. The molecule has 5 atom stereocenters. The van der Waals surface area contributed by atoms with E-state index in [9.17, 15) is 4.79 Å². The molecule has 1 aliphatic carbocycles. The van der Waals surface area contributed by atoms with Crippen molar-refractivity contribution < 1.29 is 4.79 Å². The molecule has 1 unspecified atom stereocenters. The third-order valence-electron chi connectivity index (χ3n) is 5.61. The highest BCUT2D eigenvalue weighted by Gasteiger charge is 2.55. The molecule has 0 aromatic carbocycles. The van der Waals surface area contributed by atoms with Crippen molar-refractivity contribution >= 4 is 5.91 Å². The second-order valence-corrected chi connectivity index (χ2v) is 6.47.